The van der Waals surface area contributed by atoms with Crippen LogP contribution in [0.15, 0.2) is 77.4 Å². The number of furan rings is 1. The summed E-state index contributed by atoms with van der Waals surface area (Å²) < 4.78 is 5.11. The maximum atomic E-state index is 13.7. The lowest BCUT2D eigenvalue weighted by Gasteiger charge is -2.32. The molecule has 0 unspecified atom stereocenters. The molecule has 3 amide bonds. The summed E-state index contributed by atoms with van der Waals surface area (Å²) in [5.41, 5.74) is 1.41. The van der Waals surface area contributed by atoms with Crippen LogP contribution in [0.2, 0.25) is 0 Å². The highest BCUT2D eigenvalue weighted by Crippen LogP contribution is 2.30. The molecule has 8 nitrogen and oxygen atoms in total. The lowest BCUT2D eigenvalue weighted by Crippen LogP contribution is -2.49. The number of carbonyl (C=O) groups excluding carboxylic acids is 4. The molecule has 0 aliphatic heterocycles. The fourth-order valence-corrected chi connectivity index (χ4v) is 4.45. The number of carbonyl (C=O) groups is 4. The Labute approximate surface area is 209 Å². The van der Waals surface area contributed by atoms with E-state index in [-0.39, 0.29) is 30.0 Å². The Morgan fingerprint density at radius 3 is 2.39 bits per heavy atom. The Hall–Kier alpha value is -4.20. The average molecular weight is 488 g/mol. The molecule has 2 N–H and O–H groups in total. The molecule has 0 saturated heterocycles. The van der Waals surface area contributed by atoms with Gasteiger partial charge < -0.3 is 15.1 Å². The number of hydrogen-bond donors (Lipinski definition) is 2. The number of ketones is 1. The summed E-state index contributed by atoms with van der Waals surface area (Å²) in [6, 6.07) is 17.7. The Kier molecular flexibility index (Phi) is 7.95. The average Bonchev–Trinajstić information content (AvgIpc) is 3.61. The predicted octanol–water partition coefficient (Wildman–Crippen LogP) is 4.05. The van der Waals surface area contributed by atoms with E-state index in [1.807, 2.05) is 6.07 Å². The normalized spacial score (nSPS) is 14.1. The SMILES string of the molecule is CC(=O)c1cccc(N(C(=O)CNC(=O)c2ccco2)[C@@H](C(=O)NC2CCCC2)c2ccccc2)c1. The van der Waals surface area contributed by atoms with Crippen molar-refractivity contribution in [2.24, 2.45) is 0 Å². The van der Waals surface area contributed by atoms with Crippen LogP contribution in [-0.4, -0.2) is 36.1 Å². The maximum absolute atomic E-state index is 13.7. The molecule has 2 aromatic carbocycles. The lowest BCUT2D eigenvalue weighted by atomic mass is 10.0. The van der Waals surface area contributed by atoms with Gasteiger partial charge in [-0.05, 0) is 49.6 Å². The molecule has 0 spiro atoms. The van der Waals surface area contributed by atoms with E-state index < -0.39 is 17.9 Å². The molecule has 1 fully saturated rings. The highest BCUT2D eigenvalue weighted by molar-refractivity contribution is 6.05. The van der Waals surface area contributed by atoms with Gasteiger partial charge >= 0.3 is 0 Å². The minimum atomic E-state index is -0.998. The number of nitrogens with zero attached hydrogens (tertiary/aromatic N) is 1. The minimum absolute atomic E-state index is 0.0443. The van der Waals surface area contributed by atoms with Crippen LogP contribution in [0.4, 0.5) is 5.69 Å². The van der Waals surface area contributed by atoms with E-state index in [4.69, 9.17) is 4.42 Å². The first-order valence-electron chi connectivity index (χ1n) is 12.0. The van der Waals surface area contributed by atoms with Gasteiger partial charge in [-0.15, -0.1) is 0 Å². The van der Waals surface area contributed by atoms with Crippen molar-refractivity contribution in [3.8, 4) is 0 Å². The number of Topliss-reactive ketones (excluding diaryl/α,β-unsaturated/α-hetero) is 1. The monoisotopic (exact) mass is 487 g/mol. The van der Waals surface area contributed by atoms with E-state index in [9.17, 15) is 19.2 Å². The van der Waals surface area contributed by atoms with E-state index in [0.717, 1.165) is 25.7 Å². The number of anilines is 1. The summed E-state index contributed by atoms with van der Waals surface area (Å²) in [5.74, 6) is -1.45. The molecule has 4 rings (SSSR count). The number of amides is 3. The lowest BCUT2D eigenvalue weighted by molar-refractivity contribution is -0.126. The van der Waals surface area contributed by atoms with E-state index in [0.29, 0.717) is 16.8 Å². The first kappa shape index (κ1) is 24.9. The maximum Gasteiger partial charge on any atom is 0.287 e. The molecule has 0 bridgehead atoms. The zero-order valence-electron chi connectivity index (χ0n) is 20.1. The Bertz CT molecular complexity index is 1220. The second kappa shape index (κ2) is 11.5. The molecule has 36 heavy (non-hydrogen) atoms. The summed E-state index contributed by atoms with van der Waals surface area (Å²) in [6.07, 6.45) is 5.24. The van der Waals surface area contributed by atoms with Crippen LogP contribution in [-0.2, 0) is 9.59 Å². The van der Waals surface area contributed by atoms with Crippen molar-refractivity contribution in [2.75, 3.05) is 11.4 Å². The summed E-state index contributed by atoms with van der Waals surface area (Å²) in [6.45, 7) is 1.07. The van der Waals surface area contributed by atoms with Crippen molar-refractivity contribution >= 4 is 29.2 Å². The van der Waals surface area contributed by atoms with Gasteiger partial charge in [0, 0.05) is 17.3 Å². The van der Waals surface area contributed by atoms with Crippen LogP contribution >= 0.6 is 0 Å². The van der Waals surface area contributed by atoms with Gasteiger partial charge in [0.1, 0.15) is 6.04 Å². The molecule has 1 aliphatic rings. The van der Waals surface area contributed by atoms with Gasteiger partial charge in [-0.3, -0.25) is 24.1 Å². The second-order valence-corrected chi connectivity index (χ2v) is 8.83. The molecule has 1 heterocycles. The van der Waals surface area contributed by atoms with Crippen molar-refractivity contribution in [3.05, 3.63) is 89.9 Å². The first-order chi connectivity index (χ1) is 17.4. The molecule has 8 heteroatoms. The van der Waals surface area contributed by atoms with Crippen molar-refractivity contribution in [1.82, 2.24) is 10.6 Å². The first-order valence-corrected chi connectivity index (χ1v) is 12.0. The summed E-state index contributed by atoms with van der Waals surface area (Å²) in [7, 11) is 0. The van der Waals surface area contributed by atoms with E-state index in [2.05, 4.69) is 10.6 Å². The van der Waals surface area contributed by atoms with Gasteiger partial charge in [-0.1, -0.05) is 55.3 Å². The molecule has 1 saturated carbocycles. The van der Waals surface area contributed by atoms with Crippen LogP contribution in [0.1, 0.15) is 65.1 Å². The van der Waals surface area contributed by atoms with Gasteiger partial charge in [0.2, 0.25) is 11.8 Å². The zero-order valence-corrected chi connectivity index (χ0v) is 20.1. The van der Waals surface area contributed by atoms with Crippen LogP contribution in [0, 0.1) is 0 Å². The molecule has 186 valence electrons. The highest BCUT2D eigenvalue weighted by Gasteiger charge is 2.34. The smallest absolute Gasteiger partial charge is 0.287 e. The van der Waals surface area contributed by atoms with Gasteiger partial charge in [0.15, 0.2) is 11.5 Å². The van der Waals surface area contributed by atoms with Crippen LogP contribution in [0.25, 0.3) is 0 Å². The third-order valence-corrected chi connectivity index (χ3v) is 6.27. The summed E-state index contributed by atoms with van der Waals surface area (Å²) in [4.78, 5) is 53.2. The molecule has 1 aliphatic carbocycles. The van der Waals surface area contributed by atoms with Crippen LogP contribution in [0.5, 0.6) is 0 Å². The third-order valence-electron chi connectivity index (χ3n) is 6.27. The Morgan fingerprint density at radius 1 is 0.972 bits per heavy atom. The molecule has 0 radical (unpaired) electrons. The summed E-state index contributed by atoms with van der Waals surface area (Å²) >= 11 is 0. The number of rotatable bonds is 9. The number of nitrogens with one attached hydrogen (secondary N) is 2. The quantitative estimate of drug-likeness (QED) is 0.443. The van der Waals surface area contributed by atoms with Gasteiger partial charge in [0.25, 0.3) is 5.91 Å². The minimum Gasteiger partial charge on any atom is -0.459 e. The molecule has 3 aromatic rings. The van der Waals surface area contributed by atoms with Crippen molar-refractivity contribution in [1.29, 1.82) is 0 Å². The van der Waals surface area contributed by atoms with E-state index >= 15 is 0 Å². The number of hydrogen-bond acceptors (Lipinski definition) is 5. The fourth-order valence-electron chi connectivity index (χ4n) is 4.45. The van der Waals surface area contributed by atoms with E-state index in [1.54, 1.807) is 54.6 Å². The van der Waals surface area contributed by atoms with Crippen molar-refractivity contribution < 1.29 is 23.6 Å². The van der Waals surface area contributed by atoms with Gasteiger partial charge in [-0.25, -0.2) is 0 Å². The van der Waals surface area contributed by atoms with Crippen LogP contribution in [0.3, 0.4) is 0 Å². The topological polar surface area (TPSA) is 109 Å². The standard InChI is InChI=1S/C28H29N3O5/c1-19(32)21-11-7-14-23(17-21)31(25(33)18-29-27(34)24-15-8-16-36-24)26(20-9-3-2-4-10-20)28(35)30-22-12-5-6-13-22/h2-4,7-11,14-17,22,26H,5-6,12-13,18H2,1H3,(H,29,34)(H,30,35)/t26-/m1/s1. The zero-order chi connectivity index (χ0) is 25.5. The predicted molar refractivity (Wildman–Crippen MR) is 135 cm³/mol. The van der Waals surface area contributed by atoms with Gasteiger partial charge in [-0.2, -0.15) is 0 Å². The molecule has 1 atom stereocenters. The van der Waals surface area contributed by atoms with Crippen LogP contribution < -0.4 is 15.5 Å². The Morgan fingerprint density at radius 2 is 1.72 bits per heavy atom. The molecular formula is C28H29N3O5. The van der Waals surface area contributed by atoms with E-state index in [1.165, 1.54) is 24.2 Å². The second-order valence-electron chi connectivity index (χ2n) is 8.83. The third kappa shape index (κ3) is 5.89. The van der Waals surface area contributed by atoms with Crippen molar-refractivity contribution in [3.63, 3.8) is 0 Å². The highest BCUT2D eigenvalue weighted by atomic mass is 16.3. The Balaban J connectivity index is 1.70. The molecule has 1 aromatic heterocycles. The summed E-state index contributed by atoms with van der Waals surface area (Å²) in [5, 5.41) is 5.67. The fraction of sp³-hybridized carbons (Fsp3) is 0.286. The van der Waals surface area contributed by atoms with Crippen molar-refractivity contribution in [2.45, 2.75) is 44.7 Å². The number of benzene rings is 2. The van der Waals surface area contributed by atoms with Gasteiger partial charge in [0.05, 0.1) is 12.8 Å². The molecular weight excluding hydrogens is 458 g/mol. The largest absolute Gasteiger partial charge is 0.459 e.